The summed E-state index contributed by atoms with van der Waals surface area (Å²) < 4.78 is 19.0. The fourth-order valence-corrected chi connectivity index (χ4v) is 2.75. The highest BCUT2D eigenvalue weighted by Gasteiger charge is 2.30. The number of piperidine rings is 1. The zero-order chi connectivity index (χ0) is 13.9. The molecule has 0 radical (unpaired) electrons. The predicted octanol–water partition coefficient (Wildman–Crippen LogP) is 2.57. The van der Waals surface area contributed by atoms with Gasteiger partial charge in [0.1, 0.15) is 11.6 Å². The average molecular weight is 267 g/mol. The summed E-state index contributed by atoms with van der Waals surface area (Å²) in [5.41, 5.74) is -0.827. The van der Waals surface area contributed by atoms with Gasteiger partial charge in [0.25, 0.3) is 0 Å². The first-order valence-corrected chi connectivity index (χ1v) is 6.83. The molecule has 1 heterocycles. The number of rotatable bonds is 4. The molecule has 106 valence electrons. The number of nitrogens with one attached hydrogen (secondary N) is 1. The van der Waals surface area contributed by atoms with Gasteiger partial charge in [0.05, 0.1) is 12.7 Å². The van der Waals surface area contributed by atoms with Gasteiger partial charge in [-0.2, -0.15) is 0 Å². The van der Waals surface area contributed by atoms with Crippen LogP contribution in [0.15, 0.2) is 18.2 Å². The van der Waals surface area contributed by atoms with Crippen LogP contribution >= 0.6 is 0 Å². The van der Waals surface area contributed by atoms with Crippen LogP contribution in [0.2, 0.25) is 0 Å². The normalized spacial score (nSPS) is 22.8. The lowest BCUT2D eigenvalue weighted by atomic mass is 9.86. The molecule has 0 aromatic heterocycles. The van der Waals surface area contributed by atoms with Crippen LogP contribution in [0, 0.1) is 5.82 Å². The number of aliphatic hydroxyl groups is 1. The Morgan fingerprint density at radius 1 is 1.47 bits per heavy atom. The summed E-state index contributed by atoms with van der Waals surface area (Å²) in [5, 5.41) is 13.9. The molecule has 1 aliphatic rings. The molecule has 1 saturated heterocycles. The Kier molecular flexibility index (Phi) is 4.42. The molecule has 0 amide bonds. The molecule has 4 heteroatoms. The SMILES string of the molecule is COc1ccc(C(C)(O)CC2CCCCN2)c(F)c1. The first-order valence-electron chi connectivity index (χ1n) is 6.83. The summed E-state index contributed by atoms with van der Waals surface area (Å²) in [4.78, 5) is 0. The molecule has 0 aliphatic carbocycles. The van der Waals surface area contributed by atoms with Gasteiger partial charge in [-0.25, -0.2) is 4.39 Å². The van der Waals surface area contributed by atoms with Crippen molar-refractivity contribution in [1.82, 2.24) is 5.32 Å². The number of hydrogen-bond acceptors (Lipinski definition) is 3. The summed E-state index contributed by atoms with van der Waals surface area (Å²) in [6, 6.07) is 4.86. The summed E-state index contributed by atoms with van der Waals surface area (Å²) in [6.45, 7) is 2.65. The molecule has 2 N–H and O–H groups in total. The Morgan fingerprint density at radius 2 is 2.26 bits per heavy atom. The molecule has 1 aromatic rings. The third-order valence-corrected chi connectivity index (χ3v) is 3.81. The maximum absolute atomic E-state index is 14.0. The molecule has 0 bridgehead atoms. The van der Waals surface area contributed by atoms with E-state index in [0.29, 0.717) is 17.7 Å². The molecule has 0 spiro atoms. The minimum absolute atomic E-state index is 0.255. The van der Waals surface area contributed by atoms with Gasteiger partial charge in [-0.3, -0.25) is 0 Å². The molecular formula is C15H22FNO2. The van der Waals surface area contributed by atoms with Gasteiger partial charge in [-0.15, -0.1) is 0 Å². The highest BCUT2D eigenvalue weighted by Crippen LogP contribution is 2.31. The van der Waals surface area contributed by atoms with Crippen molar-refractivity contribution in [3.63, 3.8) is 0 Å². The first-order chi connectivity index (χ1) is 9.03. The van der Waals surface area contributed by atoms with E-state index in [0.717, 1.165) is 13.0 Å². The van der Waals surface area contributed by atoms with Gasteiger partial charge in [0.15, 0.2) is 0 Å². The van der Waals surface area contributed by atoms with Crippen LogP contribution in [0.5, 0.6) is 5.75 Å². The van der Waals surface area contributed by atoms with Crippen LogP contribution in [-0.4, -0.2) is 24.8 Å². The summed E-state index contributed by atoms with van der Waals surface area (Å²) in [6.07, 6.45) is 3.90. The van der Waals surface area contributed by atoms with Crippen molar-refractivity contribution in [2.24, 2.45) is 0 Å². The number of hydrogen-bond donors (Lipinski definition) is 2. The summed E-state index contributed by atoms with van der Waals surface area (Å²) in [5.74, 6) is 0.0491. The highest BCUT2D eigenvalue weighted by molar-refractivity contribution is 5.32. The quantitative estimate of drug-likeness (QED) is 0.881. The third-order valence-electron chi connectivity index (χ3n) is 3.81. The van der Waals surface area contributed by atoms with Crippen LogP contribution < -0.4 is 10.1 Å². The topological polar surface area (TPSA) is 41.5 Å². The minimum Gasteiger partial charge on any atom is -0.497 e. The molecule has 2 rings (SSSR count). The van der Waals surface area contributed by atoms with Gasteiger partial charge in [-0.05, 0) is 44.9 Å². The van der Waals surface area contributed by atoms with Crippen LogP contribution in [0.3, 0.4) is 0 Å². The lowest BCUT2D eigenvalue weighted by Gasteiger charge is -2.32. The Hall–Kier alpha value is -1.13. The van der Waals surface area contributed by atoms with Crippen molar-refractivity contribution in [3.8, 4) is 5.75 Å². The van der Waals surface area contributed by atoms with E-state index < -0.39 is 11.4 Å². The first kappa shape index (κ1) is 14.3. The van der Waals surface area contributed by atoms with Crippen molar-refractivity contribution < 1.29 is 14.2 Å². The van der Waals surface area contributed by atoms with Crippen molar-refractivity contribution in [2.75, 3.05) is 13.7 Å². The Labute approximate surface area is 113 Å². The Morgan fingerprint density at radius 3 is 2.84 bits per heavy atom. The van der Waals surface area contributed by atoms with Crippen LogP contribution in [-0.2, 0) is 5.60 Å². The van der Waals surface area contributed by atoms with Crippen LogP contribution in [0.4, 0.5) is 4.39 Å². The predicted molar refractivity (Wildman–Crippen MR) is 72.8 cm³/mol. The van der Waals surface area contributed by atoms with Crippen LogP contribution in [0.1, 0.15) is 38.2 Å². The Balaban J connectivity index is 2.13. The zero-order valence-corrected chi connectivity index (χ0v) is 11.6. The van der Waals surface area contributed by atoms with Crippen molar-refractivity contribution in [3.05, 3.63) is 29.6 Å². The van der Waals surface area contributed by atoms with Gasteiger partial charge in [0, 0.05) is 17.7 Å². The van der Waals surface area contributed by atoms with E-state index in [4.69, 9.17) is 4.74 Å². The molecule has 19 heavy (non-hydrogen) atoms. The van der Waals surface area contributed by atoms with E-state index in [1.807, 2.05) is 0 Å². The van der Waals surface area contributed by atoms with Crippen molar-refractivity contribution >= 4 is 0 Å². The summed E-state index contributed by atoms with van der Waals surface area (Å²) >= 11 is 0. The van der Waals surface area contributed by atoms with E-state index in [2.05, 4.69) is 5.32 Å². The zero-order valence-electron chi connectivity index (χ0n) is 11.6. The second-order valence-electron chi connectivity index (χ2n) is 5.47. The second-order valence-corrected chi connectivity index (χ2v) is 5.47. The van der Waals surface area contributed by atoms with Crippen molar-refractivity contribution in [2.45, 2.75) is 44.2 Å². The third kappa shape index (κ3) is 3.45. The molecule has 1 aliphatic heterocycles. The lowest BCUT2D eigenvalue weighted by Crippen LogP contribution is -2.40. The van der Waals surface area contributed by atoms with Gasteiger partial charge >= 0.3 is 0 Å². The largest absolute Gasteiger partial charge is 0.497 e. The van der Waals surface area contributed by atoms with E-state index in [9.17, 15) is 9.50 Å². The minimum atomic E-state index is -1.16. The van der Waals surface area contributed by atoms with E-state index in [-0.39, 0.29) is 6.04 Å². The maximum Gasteiger partial charge on any atom is 0.132 e. The second kappa shape index (κ2) is 5.88. The molecule has 3 nitrogen and oxygen atoms in total. The Bertz CT molecular complexity index is 428. The monoisotopic (exact) mass is 267 g/mol. The van der Waals surface area contributed by atoms with Gasteiger partial charge in [0.2, 0.25) is 0 Å². The molecule has 2 atom stereocenters. The molecule has 0 saturated carbocycles. The molecule has 1 aromatic carbocycles. The summed E-state index contributed by atoms with van der Waals surface area (Å²) in [7, 11) is 1.50. The van der Waals surface area contributed by atoms with Gasteiger partial charge < -0.3 is 15.2 Å². The standard InChI is InChI=1S/C15H22FNO2/c1-15(18,10-11-5-3-4-8-17-11)13-7-6-12(19-2)9-14(13)16/h6-7,9,11,17-18H,3-5,8,10H2,1-2H3. The van der Waals surface area contributed by atoms with E-state index in [1.165, 1.54) is 26.0 Å². The fraction of sp³-hybridized carbons (Fsp3) is 0.600. The van der Waals surface area contributed by atoms with E-state index >= 15 is 0 Å². The molecule has 1 fully saturated rings. The molecule has 2 unspecified atom stereocenters. The van der Waals surface area contributed by atoms with E-state index in [1.54, 1.807) is 19.1 Å². The maximum atomic E-state index is 14.0. The van der Waals surface area contributed by atoms with Gasteiger partial charge in [-0.1, -0.05) is 6.42 Å². The smallest absolute Gasteiger partial charge is 0.132 e. The number of ether oxygens (including phenoxy) is 1. The fourth-order valence-electron chi connectivity index (χ4n) is 2.75. The van der Waals surface area contributed by atoms with Crippen LogP contribution in [0.25, 0.3) is 0 Å². The van der Waals surface area contributed by atoms with Crippen molar-refractivity contribution in [1.29, 1.82) is 0 Å². The number of methoxy groups -OCH3 is 1. The highest BCUT2D eigenvalue weighted by atomic mass is 19.1. The number of benzene rings is 1. The average Bonchev–Trinajstić information content (AvgIpc) is 2.38. The molecular weight excluding hydrogens is 245 g/mol. The lowest BCUT2D eigenvalue weighted by molar-refractivity contribution is 0.0298. The number of halogens is 1.